The van der Waals surface area contributed by atoms with Crippen LogP contribution in [-0.2, 0) is 19.5 Å². The summed E-state index contributed by atoms with van der Waals surface area (Å²) in [5.41, 5.74) is -0.750. The van der Waals surface area contributed by atoms with Crippen molar-refractivity contribution in [1.29, 1.82) is 0 Å². The van der Waals surface area contributed by atoms with E-state index in [1.807, 2.05) is 0 Å². The largest absolute Gasteiger partial charge is 2.00 e. The van der Waals surface area contributed by atoms with Gasteiger partial charge in [0.05, 0.1) is 0 Å². The fraction of sp³-hybridized carbons (Fsp3) is 0.833. The fourth-order valence-electron chi connectivity index (χ4n) is 0. The molecule has 0 N–H and O–H groups in total. The predicted molar refractivity (Wildman–Crippen MR) is 30.8 cm³/mol. The molecule has 0 aliphatic carbocycles. The summed E-state index contributed by atoms with van der Waals surface area (Å²) in [7, 11) is 0. The van der Waals surface area contributed by atoms with E-state index in [4.69, 9.17) is 0 Å². The number of hydrogen-bond acceptors (Lipinski definition) is 1. The van der Waals surface area contributed by atoms with Gasteiger partial charge in [-0.25, -0.2) is 0 Å². The van der Waals surface area contributed by atoms with Crippen molar-refractivity contribution in [1.82, 2.24) is 0 Å². The molecule has 0 heterocycles. The summed E-state index contributed by atoms with van der Waals surface area (Å²) in [5.74, 6) is 0. The minimum absolute atomic E-state index is 0. The molecule has 0 saturated heterocycles. The number of rotatable bonds is 0. The molecule has 0 atom stereocenters. The normalized spacial score (nSPS) is 8.25. The average molecular weight is 168 g/mol. The van der Waals surface area contributed by atoms with Gasteiger partial charge in [-0.05, 0) is 0 Å². The summed E-state index contributed by atoms with van der Waals surface area (Å²) in [6.07, 6.45) is 0. The van der Waals surface area contributed by atoms with Crippen molar-refractivity contribution < 1.29 is 24.6 Å². The van der Waals surface area contributed by atoms with Crippen molar-refractivity contribution in [2.75, 3.05) is 0 Å². The van der Waals surface area contributed by atoms with E-state index in [-0.39, 0.29) is 19.5 Å². The van der Waals surface area contributed by atoms with Gasteiger partial charge in [0.2, 0.25) is 0 Å². The molecule has 1 nitrogen and oxygen atoms in total. The minimum atomic E-state index is -0.750. The molecule has 46 valence electrons. The van der Waals surface area contributed by atoms with Crippen LogP contribution in [-0.4, -0.2) is 5.60 Å². The quantitative estimate of drug-likeness (QED) is 0.390. The zero-order valence-electron chi connectivity index (χ0n) is 6.32. The maximum Gasteiger partial charge on any atom is 2.00 e. The molecular formula is C6H14OZn. The second-order valence-corrected chi connectivity index (χ2v) is 2.11. The van der Waals surface area contributed by atoms with E-state index < -0.39 is 5.60 Å². The zero-order valence-corrected chi connectivity index (χ0v) is 9.29. The first-order valence-electron chi connectivity index (χ1n) is 2.41. The van der Waals surface area contributed by atoms with Crippen molar-refractivity contribution in [3.05, 3.63) is 6.92 Å². The molecule has 0 radical (unpaired) electrons. The van der Waals surface area contributed by atoms with Gasteiger partial charge < -0.3 is 12.0 Å². The first kappa shape index (κ1) is 15.8. The Morgan fingerprint density at radius 2 is 1.12 bits per heavy atom. The van der Waals surface area contributed by atoms with Crippen LogP contribution in [0.2, 0.25) is 0 Å². The van der Waals surface area contributed by atoms with Gasteiger partial charge in [0.25, 0.3) is 0 Å². The Kier molecular flexibility index (Phi) is 15.0. The van der Waals surface area contributed by atoms with Crippen LogP contribution in [0.3, 0.4) is 0 Å². The molecule has 0 spiro atoms. The molecule has 0 aliphatic heterocycles. The smallest absolute Gasteiger partial charge is 0.850 e. The summed E-state index contributed by atoms with van der Waals surface area (Å²) in [5, 5.41) is 10.1. The second-order valence-electron chi connectivity index (χ2n) is 2.11. The first-order valence-corrected chi connectivity index (χ1v) is 2.41. The van der Waals surface area contributed by atoms with Gasteiger partial charge in [0.15, 0.2) is 0 Å². The Morgan fingerprint density at radius 3 is 1.12 bits per heavy atom. The molecule has 0 aromatic heterocycles. The van der Waals surface area contributed by atoms with Gasteiger partial charge in [-0.1, -0.05) is 20.8 Å². The summed E-state index contributed by atoms with van der Waals surface area (Å²) in [6.45, 7) is 9.90. The van der Waals surface area contributed by atoms with E-state index in [1.54, 1.807) is 27.7 Å². The Morgan fingerprint density at radius 1 is 1.12 bits per heavy atom. The van der Waals surface area contributed by atoms with E-state index in [1.165, 1.54) is 0 Å². The van der Waals surface area contributed by atoms with Gasteiger partial charge in [0, 0.05) is 0 Å². The van der Waals surface area contributed by atoms with E-state index >= 15 is 0 Å². The monoisotopic (exact) mass is 166 g/mol. The summed E-state index contributed by atoms with van der Waals surface area (Å²) in [4.78, 5) is 0. The molecular weight excluding hydrogens is 153 g/mol. The van der Waals surface area contributed by atoms with Crippen LogP contribution in [0.5, 0.6) is 0 Å². The Balaban J connectivity index is -0.0000000750. The Labute approximate surface area is 65.2 Å². The molecule has 0 saturated carbocycles. The van der Waals surface area contributed by atoms with Crippen molar-refractivity contribution in [3.63, 3.8) is 0 Å². The van der Waals surface area contributed by atoms with Crippen LogP contribution in [0.4, 0.5) is 0 Å². The van der Waals surface area contributed by atoms with Crippen LogP contribution in [0.1, 0.15) is 27.7 Å². The van der Waals surface area contributed by atoms with Crippen LogP contribution in [0.15, 0.2) is 0 Å². The topological polar surface area (TPSA) is 23.1 Å². The predicted octanol–water partition coefficient (Wildman–Crippen LogP) is 0.983. The second kappa shape index (κ2) is 7.58. The molecule has 0 aromatic carbocycles. The maximum absolute atomic E-state index is 10.1. The number of hydrogen-bond donors (Lipinski definition) is 0. The molecule has 0 fully saturated rings. The van der Waals surface area contributed by atoms with Crippen LogP contribution in [0.25, 0.3) is 0 Å². The first-order chi connectivity index (χ1) is 3.00. The third-order valence-electron chi connectivity index (χ3n) is 0. The van der Waals surface area contributed by atoms with Crippen molar-refractivity contribution >= 4 is 0 Å². The zero-order chi connectivity index (χ0) is 6.50. The SMILES string of the molecule is CC(C)(C)[O-].[CH2-]C.[Zn+2]. The van der Waals surface area contributed by atoms with E-state index in [2.05, 4.69) is 6.92 Å². The molecule has 0 bridgehead atoms. The van der Waals surface area contributed by atoms with Gasteiger partial charge in [-0.3, -0.25) is 0 Å². The van der Waals surface area contributed by atoms with Gasteiger partial charge in [-0.15, -0.1) is 5.60 Å². The van der Waals surface area contributed by atoms with E-state index in [0.29, 0.717) is 0 Å². The minimum Gasteiger partial charge on any atom is -0.850 e. The van der Waals surface area contributed by atoms with Crippen molar-refractivity contribution in [3.8, 4) is 0 Å². The van der Waals surface area contributed by atoms with Crippen LogP contribution < -0.4 is 5.11 Å². The third kappa shape index (κ3) is 603. The molecule has 0 aromatic rings. The third-order valence-corrected chi connectivity index (χ3v) is 0. The molecule has 8 heavy (non-hydrogen) atoms. The van der Waals surface area contributed by atoms with E-state index in [0.717, 1.165) is 0 Å². The van der Waals surface area contributed by atoms with E-state index in [9.17, 15) is 5.11 Å². The summed E-state index contributed by atoms with van der Waals surface area (Å²) in [6, 6.07) is 0. The Bertz CT molecular complexity index is 24.0. The van der Waals surface area contributed by atoms with Crippen molar-refractivity contribution in [2.24, 2.45) is 0 Å². The van der Waals surface area contributed by atoms with Crippen LogP contribution in [0, 0.1) is 6.92 Å². The van der Waals surface area contributed by atoms with Crippen LogP contribution >= 0.6 is 0 Å². The van der Waals surface area contributed by atoms with Crippen molar-refractivity contribution in [2.45, 2.75) is 33.3 Å². The molecule has 0 unspecified atom stereocenters. The van der Waals surface area contributed by atoms with Gasteiger partial charge in [0.1, 0.15) is 0 Å². The Hall–Kier alpha value is 0.583. The molecule has 0 amide bonds. The summed E-state index contributed by atoms with van der Waals surface area (Å²) >= 11 is 0. The fourth-order valence-corrected chi connectivity index (χ4v) is 0. The van der Waals surface area contributed by atoms with Gasteiger partial charge in [-0.2, -0.15) is 6.92 Å². The summed E-state index contributed by atoms with van der Waals surface area (Å²) < 4.78 is 0. The molecule has 0 aliphatic rings. The maximum atomic E-state index is 10.1. The molecule has 0 rings (SSSR count). The molecule has 2 heteroatoms. The van der Waals surface area contributed by atoms with Gasteiger partial charge >= 0.3 is 19.5 Å². The standard InChI is InChI=1S/C4H9O.C2H5.Zn/c1-4(2,3)5;1-2;/h1-3H3;1H2,2H3;/q2*-1;+2. The average Bonchev–Trinajstić information content (AvgIpc) is 1.36.